The van der Waals surface area contributed by atoms with Crippen molar-refractivity contribution in [2.75, 3.05) is 7.05 Å². The van der Waals surface area contributed by atoms with Gasteiger partial charge in [-0.1, -0.05) is 67.4 Å². The van der Waals surface area contributed by atoms with Crippen LogP contribution in [0.4, 0.5) is 0 Å². The number of hydrogen-bond acceptors (Lipinski definition) is 2. The second-order valence-corrected chi connectivity index (χ2v) is 11.8. The Labute approximate surface area is 164 Å². The fourth-order valence-corrected chi connectivity index (χ4v) is 6.25. The number of benzene rings is 2. The van der Waals surface area contributed by atoms with E-state index in [-0.39, 0.29) is 0 Å². The van der Waals surface area contributed by atoms with E-state index in [1.807, 2.05) is 43.3 Å². The summed E-state index contributed by atoms with van der Waals surface area (Å²) in [6.07, 6.45) is 1.79. The van der Waals surface area contributed by atoms with E-state index in [2.05, 4.69) is 13.8 Å². The zero-order chi connectivity index (χ0) is 19.3. The number of rotatable bonds is 7. The lowest BCUT2D eigenvalue weighted by molar-refractivity contribution is 0.539. The predicted molar refractivity (Wildman–Crippen MR) is 112 cm³/mol. The van der Waals surface area contributed by atoms with Gasteiger partial charge in [-0.2, -0.15) is 0 Å². The van der Waals surface area contributed by atoms with Gasteiger partial charge < -0.3 is 0 Å². The molecule has 2 aromatic carbocycles. The average Bonchev–Trinajstić information content (AvgIpc) is 2.62. The van der Waals surface area contributed by atoms with E-state index in [9.17, 15) is 8.42 Å². The highest BCUT2D eigenvalue weighted by Crippen LogP contribution is 2.26. The summed E-state index contributed by atoms with van der Waals surface area (Å²) in [6, 6.07) is 16.7. The Morgan fingerprint density at radius 1 is 1.04 bits per heavy atom. The minimum absolute atomic E-state index is 0.305. The summed E-state index contributed by atoms with van der Waals surface area (Å²) in [5.41, 5.74) is 2.07. The van der Waals surface area contributed by atoms with Gasteiger partial charge in [0, 0.05) is 18.3 Å². The first-order valence-corrected chi connectivity index (χ1v) is 12.4. The molecule has 0 spiro atoms. The number of nitrogens with zero attached hydrogens (tertiary/aromatic N) is 1. The van der Waals surface area contributed by atoms with Crippen molar-refractivity contribution in [3.05, 3.63) is 70.9 Å². The summed E-state index contributed by atoms with van der Waals surface area (Å²) in [6.45, 7) is 6.27. The SMILES string of the molecule is CC[Si](CC)/C(=C\N(C)S(=O)(=O)c1ccc(C)cc1)c1ccc(Cl)cc1. The molecule has 0 N–H and O–H groups in total. The van der Waals surface area contributed by atoms with Crippen LogP contribution in [0.3, 0.4) is 0 Å². The van der Waals surface area contributed by atoms with Crippen LogP contribution in [0.15, 0.2) is 59.6 Å². The van der Waals surface area contributed by atoms with E-state index < -0.39 is 18.8 Å². The van der Waals surface area contributed by atoms with E-state index in [4.69, 9.17) is 11.6 Å². The number of hydrogen-bond donors (Lipinski definition) is 0. The smallest absolute Gasteiger partial charge is 0.263 e. The molecule has 0 saturated heterocycles. The van der Waals surface area contributed by atoms with Gasteiger partial charge in [0.05, 0.1) is 13.7 Å². The standard InChI is InChI=1S/C20H25ClNO2SSi/c1-5-26(6-2)20(17-9-11-18(21)12-10-17)15-22(4)25(23,24)19-13-7-16(3)8-14-19/h7-15H,5-6H2,1-4H3/b20-15-. The Hall–Kier alpha value is -1.56. The van der Waals surface area contributed by atoms with Gasteiger partial charge in [-0.3, -0.25) is 4.31 Å². The Balaban J connectivity index is 2.47. The van der Waals surface area contributed by atoms with Crippen LogP contribution < -0.4 is 0 Å². The molecule has 0 atom stereocenters. The molecule has 3 nitrogen and oxygen atoms in total. The maximum absolute atomic E-state index is 12.9. The van der Waals surface area contributed by atoms with Gasteiger partial charge in [0.15, 0.2) is 0 Å². The first-order valence-electron chi connectivity index (χ1n) is 8.67. The van der Waals surface area contributed by atoms with Crippen LogP contribution in [0.25, 0.3) is 5.20 Å². The Morgan fingerprint density at radius 3 is 2.08 bits per heavy atom. The van der Waals surface area contributed by atoms with Crippen molar-refractivity contribution in [1.82, 2.24) is 4.31 Å². The quantitative estimate of drug-likeness (QED) is 0.578. The molecule has 2 aromatic rings. The van der Waals surface area contributed by atoms with Crippen molar-refractivity contribution in [3.63, 3.8) is 0 Å². The van der Waals surface area contributed by atoms with Gasteiger partial charge in [0.2, 0.25) is 0 Å². The molecule has 1 radical (unpaired) electrons. The fraction of sp³-hybridized carbons (Fsp3) is 0.300. The first kappa shape index (κ1) is 20.7. The summed E-state index contributed by atoms with van der Waals surface area (Å²) in [7, 11) is -2.82. The van der Waals surface area contributed by atoms with E-state index in [1.165, 1.54) is 4.31 Å². The molecule has 0 fully saturated rings. The molecule has 139 valence electrons. The number of aryl methyl sites for hydroxylation is 1. The van der Waals surface area contributed by atoms with E-state index in [1.54, 1.807) is 25.4 Å². The summed E-state index contributed by atoms with van der Waals surface area (Å²) in [5, 5.41) is 1.78. The van der Waals surface area contributed by atoms with Crippen LogP contribution in [-0.4, -0.2) is 28.6 Å². The average molecular weight is 407 g/mol. The minimum atomic E-state index is -3.57. The number of halogens is 1. The molecule has 0 bridgehead atoms. The van der Waals surface area contributed by atoms with Gasteiger partial charge in [0.1, 0.15) is 0 Å². The topological polar surface area (TPSA) is 37.4 Å². The summed E-state index contributed by atoms with van der Waals surface area (Å²) < 4.78 is 27.2. The molecular formula is C20H25ClNO2SSi. The minimum Gasteiger partial charge on any atom is -0.277 e. The molecule has 26 heavy (non-hydrogen) atoms. The molecular weight excluding hydrogens is 382 g/mol. The largest absolute Gasteiger partial charge is 0.277 e. The molecule has 2 rings (SSSR count). The zero-order valence-electron chi connectivity index (χ0n) is 15.7. The van der Waals surface area contributed by atoms with Crippen LogP contribution in [0.2, 0.25) is 17.1 Å². The lowest BCUT2D eigenvalue weighted by atomic mass is 10.2. The lowest BCUT2D eigenvalue weighted by Gasteiger charge is -2.21. The van der Waals surface area contributed by atoms with Gasteiger partial charge >= 0.3 is 0 Å². The van der Waals surface area contributed by atoms with Crippen LogP contribution >= 0.6 is 11.6 Å². The molecule has 0 aliphatic heterocycles. The second-order valence-electron chi connectivity index (χ2n) is 6.19. The third-order valence-corrected chi connectivity index (χ3v) is 9.27. The van der Waals surface area contributed by atoms with Crippen LogP contribution in [0.1, 0.15) is 25.0 Å². The van der Waals surface area contributed by atoms with Crippen molar-refractivity contribution >= 4 is 35.6 Å². The molecule has 0 heterocycles. The molecule has 0 amide bonds. The van der Waals surface area contributed by atoms with Crippen molar-refractivity contribution in [2.24, 2.45) is 0 Å². The Bertz CT molecular complexity index is 858. The van der Waals surface area contributed by atoms with Crippen molar-refractivity contribution in [3.8, 4) is 0 Å². The zero-order valence-corrected chi connectivity index (χ0v) is 18.2. The molecule has 0 saturated carbocycles. The molecule has 6 heteroatoms. The molecule has 0 aliphatic rings. The van der Waals surface area contributed by atoms with Crippen LogP contribution in [-0.2, 0) is 10.0 Å². The van der Waals surface area contributed by atoms with Crippen LogP contribution in [0, 0.1) is 6.92 Å². The van der Waals surface area contributed by atoms with Crippen molar-refractivity contribution < 1.29 is 8.42 Å². The maximum Gasteiger partial charge on any atom is 0.263 e. The third-order valence-electron chi connectivity index (χ3n) is 4.40. The second kappa shape index (κ2) is 8.89. The normalized spacial score (nSPS) is 12.5. The van der Waals surface area contributed by atoms with Gasteiger partial charge in [-0.15, -0.1) is 0 Å². The van der Waals surface area contributed by atoms with Crippen molar-refractivity contribution in [1.29, 1.82) is 0 Å². The Morgan fingerprint density at radius 2 is 1.58 bits per heavy atom. The predicted octanol–water partition coefficient (Wildman–Crippen LogP) is 5.38. The number of sulfonamides is 1. The van der Waals surface area contributed by atoms with Gasteiger partial charge in [-0.25, -0.2) is 8.42 Å². The lowest BCUT2D eigenvalue weighted by Crippen LogP contribution is -2.24. The Kier molecular flexibility index (Phi) is 7.09. The molecule has 0 unspecified atom stereocenters. The summed E-state index contributed by atoms with van der Waals surface area (Å²) in [4.78, 5) is 0.305. The summed E-state index contributed by atoms with van der Waals surface area (Å²) in [5.74, 6) is 0. The van der Waals surface area contributed by atoms with E-state index in [0.29, 0.717) is 9.92 Å². The van der Waals surface area contributed by atoms with Crippen molar-refractivity contribution in [2.45, 2.75) is 37.8 Å². The highest BCUT2D eigenvalue weighted by atomic mass is 35.5. The molecule has 0 aliphatic carbocycles. The van der Waals surface area contributed by atoms with Gasteiger partial charge in [-0.05, 0) is 41.9 Å². The first-order chi connectivity index (χ1) is 12.3. The highest BCUT2D eigenvalue weighted by Gasteiger charge is 2.21. The van der Waals surface area contributed by atoms with Crippen LogP contribution in [0.5, 0.6) is 0 Å². The molecule has 0 aromatic heterocycles. The van der Waals surface area contributed by atoms with E-state index in [0.717, 1.165) is 28.4 Å². The third kappa shape index (κ3) is 4.78. The fourth-order valence-electron chi connectivity index (χ4n) is 2.76. The highest BCUT2D eigenvalue weighted by molar-refractivity contribution is 7.89. The monoisotopic (exact) mass is 406 g/mol. The summed E-state index contributed by atoms with van der Waals surface area (Å²) >= 11 is 6.02. The van der Waals surface area contributed by atoms with E-state index >= 15 is 0 Å². The maximum atomic E-state index is 12.9. The van der Waals surface area contributed by atoms with Gasteiger partial charge in [0.25, 0.3) is 10.0 Å².